The Labute approximate surface area is 146 Å². The molecule has 0 fully saturated rings. The first kappa shape index (κ1) is 17.0. The predicted octanol–water partition coefficient (Wildman–Crippen LogP) is 0.438. The number of fused-ring (bicyclic) bond motifs is 1. The van der Waals surface area contributed by atoms with Gasteiger partial charge in [0.25, 0.3) is 5.91 Å². The third-order valence-corrected chi connectivity index (χ3v) is 4.29. The minimum absolute atomic E-state index is 0.0535. The highest BCUT2D eigenvalue weighted by molar-refractivity contribution is 5.95. The number of hydrogen-bond acceptors (Lipinski definition) is 3. The molecule has 0 unspecified atom stereocenters. The molecule has 0 aliphatic carbocycles. The SMILES string of the molecule is COc1cccc(NC(=O)CNC(=O)[C@@H]2Cc3ccccc3C[NH2+]2)c1. The number of amides is 2. The summed E-state index contributed by atoms with van der Waals surface area (Å²) in [4.78, 5) is 24.3. The van der Waals surface area contributed by atoms with E-state index >= 15 is 0 Å². The van der Waals surface area contributed by atoms with Gasteiger partial charge in [-0.1, -0.05) is 30.3 Å². The van der Waals surface area contributed by atoms with Gasteiger partial charge in [-0.2, -0.15) is 0 Å². The van der Waals surface area contributed by atoms with Gasteiger partial charge in [0.1, 0.15) is 12.3 Å². The van der Waals surface area contributed by atoms with Crippen molar-refractivity contribution in [3.05, 3.63) is 59.7 Å². The van der Waals surface area contributed by atoms with Gasteiger partial charge in [-0.3, -0.25) is 9.59 Å². The molecule has 1 aliphatic heterocycles. The average molecular weight is 340 g/mol. The summed E-state index contributed by atoms with van der Waals surface area (Å²) in [5.41, 5.74) is 3.10. The average Bonchev–Trinajstić information content (AvgIpc) is 2.65. The van der Waals surface area contributed by atoms with Crippen LogP contribution in [0.3, 0.4) is 0 Å². The summed E-state index contributed by atoms with van der Waals surface area (Å²) >= 11 is 0. The summed E-state index contributed by atoms with van der Waals surface area (Å²) < 4.78 is 5.12. The lowest BCUT2D eigenvalue weighted by Gasteiger charge is -2.22. The molecule has 0 bridgehead atoms. The molecule has 1 aliphatic rings. The van der Waals surface area contributed by atoms with Crippen molar-refractivity contribution in [2.45, 2.75) is 19.0 Å². The Balaban J connectivity index is 1.50. The molecule has 130 valence electrons. The fourth-order valence-corrected chi connectivity index (χ4v) is 2.95. The molecule has 2 aromatic carbocycles. The maximum absolute atomic E-state index is 12.3. The van der Waals surface area contributed by atoms with Gasteiger partial charge in [0.2, 0.25) is 5.91 Å². The highest BCUT2D eigenvalue weighted by Gasteiger charge is 2.27. The molecule has 2 aromatic rings. The van der Waals surface area contributed by atoms with Crippen LogP contribution in [-0.2, 0) is 22.6 Å². The van der Waals surface area contributed by atoms with Crippen LogP contribution >= 0.6 is 0 Å². The van der Waals surface area contributed by atoms with Crippen molar-refractivity contribution in [2.24, 2.45) is 0 Å². The summed E-state index contributed by atoms with van der Waals surface area (Å²) in [6.07, 6.45) is 0.680. The predicted molar refractivity (Wildman–Crippen MR) is 94.2 cm³/mol. The number of nitrogens with two attached hydrogens (primary N) is 1. The van der Waals surface area contributed by atoms with Crippen LogP contribution in [0.5, 0.6) is 5.75 Å². The van der Waals surface area contributed by atoms with Crippen molar-refractivity contribution in [2.75, 3.05) is 19.0 Å². The normalized spacial score (nSPS) is 15.8. The molecule has 4 N–H and O–H groups in total. The Hall–Kier alpha value is -2.86. The van der Waals surface area contributed by atoms with Gasteiger partial charge in [0.15, 0.2) is 6.04 Å². The lowest BCUT2D eigenvalue weighted by molar-refractivity contribution is -0.695. The van der Waals surface area contributed by atoms with Crippen LogP contribution in [0, 0.1) is 0 Å². The fraction of sp³-hybridized carbons (Fsp3) is 0.263. The number of rotatable bonds is 5. The molecule has 6 nitrogen and oxygen atoms in total. The third kappa shape index (κ3) is 4.36. The van der Waals surface area contributed by atoms with Crippen LogP contribution in [0.2, 0.25) is 0 Å². The Morgan fingerprint density at radius 3 is 2.76 bits per heavy atom. The zero-order valence-corrected chi connectivity index (χ0v) is 14.1. The fourth-order valence-electron chi connectivity index (χ4n) is 2.95. The Bertz CT molecular complexity index is 776. The topological polar surface area (TPSA) is 84.0 Å². The maximum atomic E-state index is 12.3. The van der Waals surface area contributed by atoms with Gasteiger partial charge in [-0.15, -0.1) is 0 Å². The van der Waals surface area contributed by atoms with Crippen molar-refractivity contribution in [1.29, 1.82) is 0 Å². The van der Waals surface area contributed by atoms with Crippen molar-refractivity contribution < 1.29 is 19.6 Å². The molecule has 3 rings (SSSR count). The molecule has 0 saturated carbocycles. The monoisotopic (exact) mass is 340 g/mol. The first-order chi connectivity index (χ1) is 12.2. The smallest absolute Gasteiger partial charge is 0.279 e. The van der Waals surface area contributed by atoms with Crippen molar-refractivity contribution >= 4 is 17.5 Å². The number of anilines is 1. The number of ether oxygens (including phenoxy) is 1. The van der Waals surface area contributed by atoms with Gasteiger partial charge >= 0.3 is 0 Å². The van der Waals surface area contributed by atoms with Gasteiger partial charge in [0.05, 0.1) is 13.7 Å². The number of benzene rings is 2. The van der Waals surface area contributed by atoms with Gasteiger partial charge in [-0.05, 0) is 17.7 Å². The van der Waals surface area contributed by atoms with E-state index in [0.717, 1.165) is 6.54 Å². The zero-order chi connectivity index (χ0) is 17.6. The molecule has 25 heavy (non-hydrogen) atoms. The lowest BCUT2D eigenvalue weighted by Crippen LogP contribution is -2.93. The first-order valence-electron chi connectivity index (χ1n) is 8.27. The van der Waals surface area contributed by atoms with Crippen molar-refractivity contribution in [3.8, 4) is 5.75 Å². The zero-order valence-electron chi connectivity index (χ0n) is 14.1. The van der Waals surface area contributed by atoms with Crippen LogP contribution in [0.15, 0.2) is 48.5 Å². The van der Waals surface area contributed by atoms with Crippen LogP contribution in [0.4, 0.5) is 5.69 Å². The second-order valence-electron chi connectivity index (χ2n) is 6.02. The largest absolute Gasteiger partial charge is 0.497 e. The summed E-state index contributed by atoms with van der Waals surface area (Å²) in [7, 11) is 1.57. The number of methoxy groups -OCH3 is 1. The molecule has 0 spiro atoms. The van der Waals surface area contributed by atoms with E-state index in [-0.39, 0.29) is 24.4 Å². The summed E-state index contributed by atoms with van der Waals surface area (Å²) in [5, 5.41) is 7.48. The van der Waals surface area contributed by atoms with E-state index in [4.69, 9.17) is 4.74 Å². The molecule has 6 heteroatoms. The molecule has 1 atom stereocenters. The van der Waals surface area contributed by atoms with E-state index in [2.05, 4.69) is 22.8 Å². The van der Waals surface area contributed by atoms with E-state index in [1.807, 2.05) is 17.4 Å². The van der Waals surface area contributed by atoms with E-state index < -0.39 is 0 Å². The second kappa shape index (κ2) is 7.81. The minimum Gasteiger partial charge on any atom is -0.497 e. The third-order valence-electron chi connectivity index (χ3n) is 4.29. The number of nitrogens with one attached hydrogen (secondary N) is 2. The molecular formula is C19H22N3O3+. The number of carbonyl (C=O) groups excluding carboxylic acids is 2. The standard InChI is InChI=1S/C19H21N3O3/c1-25-16-8-4-7-15(10-16)22-18(23)12-21-19(24)17-9-13-5-2-3-6-14(13)11-20-17/h2-8,10,17,20H,9,11-12H2,1H3,(H,21,24)(H,22,23)/p+1/t17-/m0/s1. The van der Waals surface area contributed by atoms with Crippen LogP contribution in [-0.4, -0.2) is 31.5 Å². The quantitative estimate of drug-likeness (QED) is 0.738. The first-order valence-corrected chi connectivity index (χ1v) is 8.27. The maximum Gasteiger partial charge on any atom is 0.279 e. The Kier molecular flexibility index (Phi) is 5.30. The molecule has 0 saturated heterocycles. The van der Waals surface area contributed by atoms with Crippen molar-refractivity contribution in [1.82, 2.24) is 5.32 Å². The minimum atomic E-state index is -0.266. The van der Waals surface area contributed by atoms with Gasteiger partial charge < -0.3 is 20.7 Å². The molecule has 0 aromatic heterocycles. The highest BCUT2D eigenvalue weighted by Crippen LogP contribution is 2.16. The van der Waals surface area contributed by atoms with Crippen molar-refractivity contribution in [3.63, 3.8) is 0 Å². The summed E-state index contributed by atoms with van der Waals surface area (Å²) in [6.45, 7) is 0.728. The lowest BCUT2D eigenvalue weighted by atomic mass is 9.95. The van der Waals surface area contributed by atoms with E-state index in [1.165, 1.54) is 11.1 Å². The number of quaternary nitrogens is 1. The molecule has 2 amide bonds. The second-order valence-corrected chi connectivity index (χ2v) is 6.02. The number of carbonyl (C=O) groups is 2. The molecule has 0 radical (unpaired) electrons. The van der Waals surface area contributed by atoms with Gasteiger partial charge in [-0.25, -0.2) is 0 Å². The van der Waals surface area contributed by atoms with Crippen LogP contribution < -0.4 is 20.7 Å². The van der Waals surface area contributed by atoms with E-state index in [9.17, 15) is 9.59 Å². The number of hydrogen-bond donors (Lipinski definition) is 3. The molecular weight excluding hydrogens is 318 g/mol. The van der Waals surface area contributed by atoms with E-state index in [0.29, 0.717) is 17.9 Å². The summed E-state index contributed by atoms with van der Waals surface area (Å²) in [6, 6.07) is 15.0. The Morgan fingerprint density at radius 1 is 1.16 bits per heavy atom. The summed E-state index contributed by atoms with van der Waals surface area (Å²) in [5.74, 6) is 0.283. The van der Waals surface area contributed by atoms with Crippen LogP contribution in [0.1, 0.15) is 11.1 Å². The Morgan fingerprint density at radius 2 is 1.96 bits per heavy atom. The molecule has 1 heterocycles. The van der Waals surface area contributed by atoms with E-state index in [1.54, 1.807) is 31.4 Å². The van der Waals surface area contributed by atoms with Crippen LogP contribution in [0.25, 0.3) is 0 Å². The van der Waals surface area contributed by atoms with Gasteiger partial charge in [0, 0.05) is 23.7 Å². The highest BCUT2D eigenvalue weighted by atomic mass is 16.5.